The van der Waals surface area contributed by atoms with Gasteiger partial charge in [0.15, 0.2) is 0 Å². The first-order chi connectivity index (χ1) is 6.88. The van der Waals surface area contributed by atoms with Crippen molar-refractivity contribution in [1.82, 2.24) is 4.98 Å². The van der Waals surface area contributed by atoms with Crippen LogP contribution in [-0.4, -0.2) is 4.98 Å². The molecule has 0 radical (unpaired) electrons. The van der Waals surface area contributed by atoms with Crippen molar-refractivity contribution >= 4 is 24.8 Å². The zero-order chi connectivity index (χ0) is 9.80. The van der Waals surface area contributed by atoms with Gasteiger partial charge in [0.25, 0.3) is 0 Å². The lowest BCUT2D eigenvalue weighted by molar-refractivity contribution is 0.868. The van der Waals surface area contributed by atoms with Gasteiger partial charge in [-0.1, -0.05) is 30.3 Å². The van der Waals surface area contributed by atoms with Crippen molar-refractivity contribution in [2.75, 3.05) is 0 Å². The van der Waals surface area contributed by atoms with Gasteiger partial charge in [0.1, 0.15) is 0 Å². The maximum atomic E-state index is 6.09. The van der Waals surface area contributed by atoms with Crippen LogP contribution in [-0.2, 0) is 0 Å². The molecule has 0 saturated carbocycles. The molecule has 2 rings (SSSR count). The summed E-state index contributed by atoms with van der Waals surface area (Å²) in [4.78, 5) is 3.97. The van der Waals surface area contributed by atoms with E-state index in [0.717, 1.165) is 11.1 Å². The highest BCUT2D eigenvalue weighted by atomic mass is 35.5. The van der Waals surface area contributed by atoms with E-state index in [1.807, 2.05) is 42.5 Å². The van der Waals surface area contributed by atoms with E-state index in [0.29, 0.717) is 0 Å². The topological polar surface area (TPSA) is 38.9 Å². The molecule has 0 saturated heterocycles. The molecular weight excluding hydrogens is 243 g/mol. The van der Waals surface area contributed by atoms with E-state index in [-0.39, 0.29) is 30.9 Å². The summed E-state index contributed by atoms with van der Waals surface area (Å²) in [6.45, 7) is 0. The quantitative estimate of drug-likeness (QED) is 0.898. The fraction of sp³-hybridized carbons (Fsp3) is 0.0833. The van der Waals surface area contributed by atoms with Crippen LogP contribution in [0.3, 0.4) is 0 Å². The average Bonchev–Trinajstić information content (AvgIpc) is 2.30. The van der Waals surface area contributed by atoms with Crippen LogP contribution in [0.25, 0.3) is 0 Å². The number of aromatic nitrogens is 1. The molecule has 1 aromatic heterocycles. The fourth-order valence-electron chi connectivity index (χ4n) is 1.42. The Morgan fingerprint density at radius 1 is 0.812 bits per heavy atom. The zero-order valence-electron chi connectivity index (χ0n) is 8.61. The van der Waals surface area contributed by atoms with E-state index in [4.69, 9.17) is 5.73 Å². The molecular formula is C12H14Cl2N2. The highest BCUT2D eigenvalue weighted by molar-refractivity contribution is 5.85. The van der Waals surface area contributed by atoms with Crippen LogP contribution < -0.4 is 5.73 Å². The summed E-state index contributed by atoms with van der Waals surface area (Å²) in [6.07, 6.45) is 3.52. The second-order valence-corrected chi connectivity index (χ2v) is 3.17. The van der Waals surface area contributed by atoms with Crippen LogP contribution in [0.2, 0.25) is 0 Å². The molecule has 16 heavy (non-hydrogen) atoms. The molecule has 0 fully saturated rings. The van der Waals surface area contributed by atoms with E-state index in [9.17, 15) is 0 Å². The second-order valence-electron chi connectivity index (χ2n) is 3.17. The normalized spacial score (nSPS) is 10.8. The summed E-state index contributed by atoms with van der Waals surface area (Å²) < 4.78 is 0. The molecule has 2 N–H and O–H groups in total. The summed E-state index contributed by atoms with van der Waals surface area (Å²) >= 11 is 0. The third-order valence-corrected chi connectivity index (χ3v) is 2.22. The Labute approximate surface area is 108 Å². The van der Waals surface area contributed by atoms with Crippen LogP contribution in [0.15, 0.2) is 54.9 Å². The summed E-state index contributed by atoms with van der Waals surface area (Å²) in [5.41, 5.74) is 8.30. The highest BCUT2D eigenvalue weighted by Gasteiger charge is 2.06. The zero-order valence-corrected chi connectivity index (χ0v) is 10.2. The van der Waals surface area contributed by atoms with Crippen molar-refractivity contribution < 1.29 is 0 Å². The SMILES string of the molecule is Cl.Cl.NC(c1ccccc1)c1ccncc1. The van der Waals surface area contributed by atoms with Gasteiger partial charge in [-0.25, -0.2) is 0 Å². The molecule has 0 spiro atoms. The first kappa shape index (κ1) is 14.9. The van der Waals surface area contributed by atoms with Crippen molar-refractivity contribution in [3.63, 3.8) is 0 Å². The minimum absolute atomic E-state index is 0. The molecule has 0 amide bonds. The van der Waals surface area contributed by atoms with Crippen LogP contribution in [0, 0.1) is 0 Å². The molecule has 1 atom stereocenters. The lowest BCUT2D eigenvalue weighted by Gasteiger charge is -2.11. The molecule has 4 heteroatoms. The van der Waals surface area contributed by atoms with Gasteiger partial charge < -0.3 is 5.73 Å². The first-order valence-electron chi connectivity index (χ1n) is 4.58. The minimum Gasteiger partial charge on any atom is -0.320 e. The lowest BCUT2D eigenvalue weighted by Crippen LogP contribution is -2.11. The Kier molecular flexibility index (Phi) is 6.74. The fourth-order valence-corrected chi connectivity index (χ4v) is 1.42. The molecule has 1 unspecified atom stereocenters. The Bertz CT molecular complexity index is 353. The van der Waals surface area contributed by atoms with Gasteiger partial charge in [-0.05, 0) is 23.3 Å². The highest BCUT2D eigenvalue weighted by Crippen LogP contribution is 2.17. The van der Waals surface area contributed by atoms with Crippen molar-refractivity contribution in [3.8, 4) is 0 Å². The molecule has 0 bridgehead atoms. The van der Waals surface area contributed by atoms with E-state index in [2.05, 4.69) is 4.98 Å². The number of hydrogen-bond donors (Lipinski definition) is 1. The summed E-state index contributed by atoms with van der Waals surface area (Å²) in [5.74, 6) is 0. The van der Waals surface area contributed by atoms with E-state index in [1.165, 1.54) is 0 Å². The number of halogens is 2. The Morgan fingerprint density at radius 3 is 1.88 bits per heavy atom. The maximum Gasteiger partial charge on any atom is 0.0552 e. The van der Waals surface area contributed by atoms with E-state index in [1.54, 1.807) is 12.4 Å². The summed E-state index contributed by atoms with van der Waals surface area (Å²) in [6, 6.07) is 13.9. The van der Waals surface area contributed by atoms with Gasteiger partial charge in [0.2, 0.25) is 0 Å². The van der Waals surface area contributed by atoms with Crippen LogP contribution in [0.1, 0.15) is 17.2 Å². The molecule has 0 aliphatic rings. The second kappa shape index (κ2) is 7.23. The predicted molar refractivity (Wildman–Crippen MR) is 71.2 cm³/mol. The van der Waals surface area contributed by atoms with Gasteiger partial charge >= 0.3 is 0 Å². The average molecular weight is 257 g/mol. The van der Waals surface area contributed by atoms with Crippen LogP contribution in [0.5, 0.6) is 0 Å². The molecule has 2 aromatic rings. The Morgan fingerprint density at radius 2 is 1.31 bits per heavy atom. The molecule has 2 nitrogen and oxygen atoms in total. The number of nitrogens with zero attached hydrogens (tertiary/aromatic N) is 1. The van der Waals surface area contributed by atoms with Crippen molar-refractivity contribution in [3.05, 3.63) is 66.0 Å². The third-order valence-electron chi connectivity index (χ3n) is 2.22. The number of benzene rings is 1. The Hall–Kier alpha value is -1.09. The minimum atomic E-state index is -0.0563. The number of nitrogens with two attached hydrogens (primary N) is 1. The Balaban J connectivity index is 0.00000112. The molecule has 0 aliphatic heterocycles. The number of rotatable bonds is 2. The monoisotopic (exact) mass is 256 g/mol. The van der Waals surface area contributed by atoms with Crippen molar-refractivity contribution in [1.29, 1.82) is 0 Å². The van der Waals surface area contributed by atoms with Crippen LogP contribution in [0.4, 0.5) is 0 Å². The molecule has 86 valence electrons. The smallest absolute Gasteiger partial charge is 0.0552 e. The van der Waals surface area contributed by atoms with Gasteiger partial charge in [-0.2, -0.15) is 0 Å². The third kappa shape index (κ3) is 3.49. The molecule has 0 aliphatic carbocycles. The largest absolute Gasteiger partial charge is 0.320 e. The van der Waals surface area contributed by atoms with Crippen molar-refractivity contribution in [2.24, 2.45) is 5.73 Å². The number of pyridine rings is 1. The van der Waals surface area contributed by atoms with E-state index < -0.39 is 0 Å². The van der Waals surface area contributed by atoms with Gasteiger partial charge in [-0.15, -0.1) is 24.8 Å². The first-order valence-corrected chi connectivity index (χ1v) is 4.58. The summed E-state index contributed by atoms with van der Waals surface area (Å²) in [7, 11) is 0. The maximum absolute atomic E-state index is 6.09. The summed E-state index contributed by atoms with van der Waals surface area (Å²) in [5, 5.41) is 0. The molecule has 1 heterocycles. The lowest BCUT2D eigenvalue weighted by atomic mass is 10.0. The van der Waals surface area contributed by atoms with E-state index >= 15 is 0 Å². The van der Waals surface area contributed by atoms with Gasteiger partial charge in [0.05, 0.1) is 6.04 Å². The van der Waals surface area contributed by atoms with Gasteiger partial charge in [0, 0.05) is 12.4 Å². The predicted octanol–water partition coefficient (Wildman–Crippen LogP) is 2.97. The standard InChI is InChI=1S/C12H12N2.2ClH/c13-12(10-4-2-1-3-5-10)11-6-8-14-9-7-11;;/h1-9,12H,13H2;2*1H. The van der Waals surface area contributed by atoms with Crippen molar-refractivity contribution in [2.45, 2.75) is 6.04 Å². The number of hydrogen-bond acceptors (Lipinski definition) is 2. The van der Waals surface area contributed by atoms with Gasteiger partial charge in [-0.3, -0.25) is 4.98 Å². The molecule has 1 aromatic carbocycles. The van der Waals surface area contributed by atoms with Crippen LogP contribution >= 0.6 is 24.8 Å².